The van der Waals surface area contributed by atoms with E-state index < -0.39 is 10.8 Å². The number of hydrogen-bond donors (Lipinski definition) is 2. The summed E-state index contributed by atoms with van der Waals surface area (Å²) in [5.41, 5.74) is 0.844. The molecule has 1 amide bonds. The number of nitrogens with zero attached hydrogens (tertiary/aromatic N) is 4. The Bertz CT molecular complexity index is 1060. The summed E-state index contributed by atoms with van der Waals surface area (Å²) in [6.07, 6.45) is 2.13. The molecule has 2 N–H and O–H groups in total. The second kappa shape index (κ2) is 7.68. The van der Waals surface area contributed by atoms with Gasteiger partial charge in [-0.05, 0) is 24.6 Å². The Morgan fingerprint density at radius 1 is 1.30 bits per heavy atom. The highest BCUT2D eigenvalue weighted by molar-refractivity contribution is 6.00. The number of nitro groups is 1. The Labute approximate surface area is 153 Å². The van der Waals surface area contributed by atoms with Crippen LogP contribution in [-0.2, 0) is 6.54 Å². The van der Waals surface area contributed by atoms with E-state index in [2.05, 4.69) is 15.7 Å². The van der Waals surface area contributed by atoms with Gasteiger partial charge in [0, 0.05) is 44.2 Å². The zero-order valence-electron chi connectivity index (χ0n) is 14.6. The van der Waals surface area contributed by atoms with Crippen molar-refractivity contribution in [3.05, 3.63) is 68.8 Å². The van der Waals surface area contributed by atoms with Gasteiger partial charge in [-0.1, -0.05) is 6.07 Å². The summed E-state index contributed by atoms with van der Waals surface area (Å²) in [5, 5.41) is 20.7. The Kier molecular flexibility index (Phi) is 5.15. The highest BCUT2D eigenvalue weighted by Crippen LogP contribution is 2.21. The summed E-state index contributed by atoms with van der Waals surface area (Å²) in [5.74, 6) is -0.426. The molecule has 0 aliphatic heterocycles. The van der Waals surface area contributed by atoms with E-state index in [0.29, 0.717) is 30.8 Å². The van der Waals surface area contributed by atoms with E-state index in [1.165, 1.54) is 27.3 Å². The zero-order chi connectivity index (χ0) is 19.4. The standard InChI is InChI=1S/C17H18N6O4/c1-18-14-7-6-12(23(26)27)11-13(14)16(24)19-8-4-10-22-17(25)21-9-3-2-5-15(21)20-22/h2-3,5-7,9,11,18H,4,8,10H2,1H3,(H,19,24). The first kappa shape index (κ1) is 18.1. The molecule has 2 aromatic heterocycles. The normalized spacial score (nSPS) is 10.7. The molecule has 1 aromatic carbocycles. The molecule has 140 valence electrons. The fourth-order valence-electron chi connectivity index (χ4n) is 2.69. The summed E-state index contributed by atoms with van der Waals surface area (Å²) in [4.78, 5) is 34.9. The molecule has 3 rings (SSSR count). The number of carbonyl (C=O) groups is 1. The van der Waals surface area contributed by atoms with Crippen LogP contribution in [0.4, 0.5) is 11.4 Å². The molecule has 10 heteroatoms. The van der Waals surface area contributed by atoms with Crippen molar-refractivity contribution < 1.29 is 9.72 Å². The van der Waals surface area contributed by atoms with Gasteiger partial charge in [-0.2, -0.15) is 0 Å². The number of pyridine rings is 1. The van der Waals surface area contributed by atoms with E-state index in [-0.39, 0.29) is 16.9 Å². The SMILES string of the molecule is CNc1ccc([N+](=O)[O-])cc1C(=O)NCCCn1nc2ccccn2c1=O. The minimum Gasteiger partial charge on any atom is -0.387 e. The minimum atomic E-state index is -0.550. The highest BCUT2D eigenvalue weighted by Gasteiger charge is 2.16. The van der Waals surface area contributed by atoms with Crippen LogP contribution >= 0.6 is 0 Å². The number of rotatable bonds is 7. The number of non-ortho nitro benzene ring substituents is 1. The fraction of sp³-hybridized carbons (Fsp3) is 0.235. The van der Waals surface area contributed by atoms with E-state index in [1.807, 2.05) is 0 Å². The number of aromatic nitrogens is 3. The number of amides is 1. The maximum Gasteiger partial charge on any atom is 0.350 e. The van der Waals surface area contributed by atoms with E-state index in [1.54, 1.807) is 31.4 Å². The van der Waals surface area contributed by atoms with Crippen molar-refractivity contribution in [2.24, 2.45) is 0 Å². The average Bonchev–Trinajstić information content (AvgIpc) is 3.00. The summed E-state index contributed by atoms with van der Waals surface area (Å²) >= 11 is 0. The van der Waals surface area contributed by atoms with Gasteiger partial charge < -0.3 is 10.6 Å². The van der Waals surface area contributed by atoms with Crippen LogP contribution in [0, 0.1) is 10.1 Å². The van der Waals surface area contributed by atoms with E-state index in [0.717, 1.165) is 0 Å². The first-order valence-electron chi connectivity index (χ1n) is 8.30. The Morgan fingerprint density at radius 2 is 2.11 bits per heavy atom. The maximum absolute atomic E-state index is 12.4. The van der Waals surface area contributed by atoms with Crippen molar-refractivity contribution in [2.45, 2.75) is 13.0 Å². The zero-order valence-corrected chi connectivity index (χ0v) is 14.6. The smallest absolute Gasteiger partial charge is 0.350 e. The second-order valence-corrected chi connectivity index (χ2v) is 5.78. The molecular formula is C17H18N6O4. The molecular weight excluding hydrogens is 352 g/mol. The summed E-state index contributed by atoms with van der Waals surface area (Å²) in [7, 11) is 1.63. The number of anilines is 1. The third kappa shape index (κ3) is 3.78. The number of nitro benzene ring substituents is 1. The van der Waals surface area contributed by atoms with Crippen molar-refractivity contribution in [3.8, 4) is 0 Å². The topological polar surface area (TPSA) is 124 Å². The second-order valence-electron chi connectivity index (χ2n) is 5.78. The van der Waals surface area contributed by atoms with E-state index in [4.69, 9.17) is 0 Å². The molecule has 0 unspecified atom stereocenters. The predicted molar refractivity (Wildman–Crippen MR) is 99.0 cm³/mol. The number of fused-ring (bicyclic) bond motifs is 1. The van der Waals surface area contributed by atoms with Crippen molar-refractivity contribution in [1.82, 2.24) is 19.5 Å². The van der Waals surface area contributed by atoms with Crippen LogP contribution in [0.25, 0.3) is 5.65 Å². The van der Waals surface area contributed by atoms with Crippen LogP contribution in [0.15, 0.2) is 47.4 Å². The van der Waals surface area contributed by atoms with Gasteiger partial charge in [-0.3, -0.25) is 19.3 Å². The van der Waals surface area contributed by atoms with Gasteiger partial charge in [0.1, 0.15) is 0 Å². The molecule has 0 saturated carbocycles. The van der Waals surface area contributed by atoms with Gasteiger partial charge >= 0.3 is 5.69 Å². The van der Waals surface area contributed by atoms with Gasteiger partial charge in [0.25, 0.3) is 11.6 Å². The van der Waals surface area contributed by atoms with E-state index >= 15 is 0 Å². The van der Waals surface area contributed by atoms with Crippen LogP contribution in [-0.4, -0.2) is 38.6 Å². The molecule has 0 spiro atoms. The van der Waals surface area contributed by atoms with Crippen LogP contribution in [0.1, 0.15) is 16.8 Å². The molecule has 0 bridgehead atoms. The van der Waals surface area contributed by atoms with Gasteiger partial charge in [-0.15, -0.1) is 5.10 Å². The lowest BCUT2D eigenvalue weighted by Gasteiger charge is -2.09. The van der Waals surface area contributed by atoms with Crippen LogP contribution in [0.2, 0.25) is 0 Å². The Morgan fingerprint density at radius 3 is 2.81 bits per heavy atom. The minimum absolute atomic E-state index is 0.157. The molecule has 0 saturated heterocycles. The van der Waals surface area contributed by atoms with Gasteiger partial charge in [0.15, 0.2) is 5.65 Å². The maximum atomic E-state index is 12.4. The van der Waals surface area contributed by atoms with Gasteiger partial charge in [0.2, 0.25) is 0 Å². The average molecular weight is 370 g/mol. The molecule has 0 aliphatic carbocycles. The Balaban J connectivity index is 1.62. The molecule has 27 heavy (non-hydrogen) atoms. The first-order valence-corrected chi connectivity index (χ1v) is 8.30. The molecule has 3 aromatic rings. The number of carbonyl (C=O) groups excluding carboxylic acids is 1. The molecule has 0 atom stereocenters. The Hall–Kier alpha value is -3.69. The summed E-state index contributed by atoms with van der Waals surface area (Å²) in [6.45, 7) is 0.638. The molecule has 10 nitrogen and oxygen atoms in total. The first-order chi connectivity index (χ1) is 13.0. The largest absolute Gasteiger partial charge is 0.387 e. The lowest BCUT2D eigenvalue weighted by molar-refractivity contribution is -0.384. The number of nitrogens with one attached hydrogen (secondary N) is 2. The quantitative estimate of drug-likeness (QED) is 0.367. The molecule has 2 heterocycles. The van der Waals surface area contributed by atoms with E-state index in [9.17, 15) is 19.7 Å². The fourth-order valence-corrected chi connectivity index (χ4v) is 2.69. The van der Waals surface area contributed by atoms with Gasteiger partial charge in [-0.25, -0.2) is 9.48 Å². The molecule has 0 radical (unpaired) electrons. The lowest BCUT2D eigenvalue weighted by Crippen LogP contribution is -2.28. The predicted octanol–water partition coefficient (Wildman–Crippen LogP) is 1.27. The molecule has 0 fully saturated rings. The number of benzene rings is 1. The molecule has 0 aliphatic rings. The van der Waals surface area contributed by atoms with Gasteiger partial charge in [0.05, 0.1) is 10.5 Å². The van der Waals surface area contributed by atoms with Crippen LogP contribution < -0.4 is 16.3 Å². The highest BCUT2D eigenvalue weighted by atomic mass is 16.6. The van der Waals surface area contributed by atoms with Crippen molar-refractivity contribution in [3.63, 3.8) is 0 Å². The van der Waals surface area contributed by atoms with Crippen molar-refractivity contribution in [1.29, 1.82) is 0 Å². The van der Waals surface area contributed by atoms with Crippen molar-refractivity contribution >= 4 is 22.9 Å². The lowest BCUT2D eigenvalue weighted by atomic mass is 10.1. The monoisotopic (exact) mass is 370 g/mol. The number of hydrogen-bond acceptors (Lipinski definition) is 6. The third-order valence-electron chi connectivity index (χ3n) is 4.05. The van der Waals surface area contributed by atoms with Crippen LogP contribution in [0.5, 0.6) is 0 Å². The summed E-state index contributed by atoms with van der Waals surface area (Å²) in [6, 6.07) is 9.33. The summed E-state index contributed by atoms with van der Waals surface area (Å²) < 4.78 is 2.79. The van der Waals surface area contributed by atoms with Crippen molar-refractivity contribution in [2.75, 3.05) is 18.9 Å². The van der Waals surface area contributed by atoms with Crippen LogP contribution in [0.3, 0.4) is 0 Å². The third-order valence-corrected chi connectivity index (χ3v) is 4.05. The number of aryl methyl sites for hydroxylation is 1.